The topological polar surface area (TPSA) is 60.2 Å². The molecule has 1 atom stereocenters. The van der Waals surface area contributed by atoms with Gasteiger partial charge in [0, 0.05) is 33.0 Å². The van der Waals surface area contributed by atoms with Gasteiger partial charge < -0.3 is 0 Å². The van der Waals surface area contributed by atoms with E-state index in [9.17, 15) is 14.9 Å². The quantitative estimate of drug-likeness (QED) is 0.449. The Morgan fingerprint density at radius 1 is 1.38 bits per heavy atom. The zero-order chi connectivity index (χ0) is 15.0. The molecule has 0 radical (unpaired) electrons. The molecule has 6 heteroatoms. The molecule has 108 valence electrons. The second kappa shape index (κ2) is 5.69. The van der Waals surface area contributed by atoms with Crippen LogP contribution >= 0.6 is 27.3 Å². The molecule has 0 bridgehead atoms. The minimum Gasteiger partial charge on any atom is -0.293 e. The maximum atomic E-state index is 12.7. The fraction of sp³-hybridized carbons (Fsp3) is 0.267. The van der Waals surface area contributed by atoms with E-state index in [2.05, 4.69) is 15.9 Å². The summed E-state index contributed by atoms with van der Waals surface area (Å²) in [5, 5.41) is 12.9. The molecule has 0 spiro atoms. The first-order valence-electron chi connectivity index (χ1n) is 6.61. The summed E-state index contributed by atoms with van der Waals surface area (Å²) in [6.45, 7) is 0. The lowest BCUT2D eigenvalue weighted by Crippen LogP contribution is -2.17. The van der Waals surface area contributed by atoms with E-state index in [-0.39, 0.29) is 17.4 Å². The highest BCUT2D eigenvalue weighted by Gasteiger charge is 2.29. The van der Waals surface area contributed by atoms with Crippen molar-refractivity contribution >= 4 is 38.7 Å². The van der Waals surface area contributed by atoms with Crippen molar-refractivity contribution in [2.24, 2.45) is 0 Å². The van der Waals surface area contributed by atoms with Gasteiger partial charge in [-0.3, -0.25) is 14.9 Å². The number of nitrogens with zero attached hydrogens (tertiary/aromatic N) is 1. The molecular weight excluding hydrogens is 354 g/mol. The summed E-state index contributed by atoms with van der Waals surface area (Å²) in [4.78, 5) is 24.5. The molecule has 3 rings (SSSR count). The number of carbonyl (C=O) groups is 1. The first kappa shape index (κ1) is 14.4. The van der Waals surface area contributed by atoms with Crippen LogP contribution in [0.3, 0.4) is 0 Å². The third-order valence-electron chi connectivity index (χ3n) is 3.75. The average molecular weight is 366 g/mol. The maximum absolute atomic E-state index is 12.7. The van der Waals surface area contributed by atoms with E-state index in [0.717, 1.165) is 24.8 Å². The Morgan fingerprint density at radius 2 is 2.19 bits per heavy atom. The van der Waals surface area contributed by atoms with Crippen molar-refractivity contribution in [3.8, 4) is 0 Å². The minimum absolute atomic E-state index is 0.0289. The molecule has 21 heavy (non-hydrogen) atoms. The lowest BCUT2D eigenvalue weighted by atomic mass is 9.82. The van der Waals surface area contributed by atoms with Crippen molar-refractivity contribution in [3.05, 3.63) is 60.2 Å². The molecule has 1 unspecified atom stereocenters. The number of benzene rings is 1. The molecule has 1 aromatic heterocycles. The summed E-state index contributed by atoms with van der Waals surface area (Å²) in [5.74, 6) is -0.201. The van der Waals surface area contributed by atoms with Gasteiger partial charge in [-0.2, -0.15) is 0 Å². The number of nitro groups is 1. The number of rotatable bonds is 3. The third-order valence-corrected chi connectivity index (χ3v) is 5.20. The Bertz CT molecular complexity index is 725. The molecule has 0 aliphatic heterocycles. The molecule has 0 amide bonds. The minimum atomic E-state index is -0.474. The van der Waals surface area contributed by atoms with E-state index >= 15 is 0 Å². The lowest BCUT2D eigenvalue weighted by molar-refractivity contribution is -0.385. The van der Waals surface area contributed by atoms with E-state index in [4.69, 9.17) is 0 Å². The first-order chi connectivity index (χ1) is 10.1. The van der Waals surface area contributed by atoms with Crippen molar-refractivity contribution in [1.29, 1.82) is 0 Å². The highest BCUT2D eigenvalue weighted by atomic mass is 79.9. The average Bonchev–Trinajstić information content (AvgIpc) is 2.94. The number of thiophene rings is 1. The van der Waals surface area contributed by atoms with Crippen LogP contribution in [0.4, 0.5) is 5.69 Å². The van der Waals surface area contributed by atoms with Gasteiger partial charge >= 0.3 is 0 Å². The third kappa shape index (κ3) is 2.78. The fourth-order valence-corrected chi connectivity index (χ4v) is 4.25. The smallest absolute Gasteiger partial charge is 0.271 e. The summed E-state index contributed by atoms with van der Waals surface area (Å²) < 4.78 is 0.557. The van der Waals surface area contributed by atoms with Gasteiger partial charge in [0.1, 0.15) is 0 Å². The number of aryl methyl sites for hydroxylation is 1. The molecule has 2 aromatic rings. The molecule has 1 aromatic carbocycles. The van der Waals surface area contributed by atoms with Gasteiger partial charge in [0.25, 0.3) is 5.69 Å². The second-order valence-electron chi connectivity index (χ2n) is 5.06. The zero-order valence-corrected chi connectivity index (χ0v) is 13.4. The number of hydrogen-bond donors (Lipinski definition) is 0. The standard InChI is InChI=1S/C15H12BrNO3S/c16-10-6-9(7-11(8-10)17(19)20)15(18)13-2-1-3-14-12(13)4-5-21-14/h4-8,13H,1-3H2. The first-order valence-corrected chi connectivity index (χ1v) is 8.29. The predicted molar refractivity (Wildman–Crippen MR) is 85.1 cm³/mol. The van der Waals surface area contributed by atoms with Crippen molar-refractivity contribution in [3.63, 3.8) is 0 Å². The Morgan fingerprint density at radius 3 is 2.95 bits per heavy atom. The van der Waals surface area contributed by atoms with Crippen LogP contribution in [0.25, 0.3) is 0 Å². The van der Waals surface area contributed by atoms with Gasteiger partial charge in [0.2, 0.25) is 0 Å². The molecule has 0 saturated carbocycles. The normalized spacial score (nSPS) is 17.3. The molecule has 0 fully saturated rings. The molecule has 1 heterocycles. The second-order valence-corrected chi connectivity index (χ2v) is 6.98. The highest BCUT2D eigenvalue weighted by Crippen LogP contribution is 2.37. The van der Waals surface area contributed by atoms with Gasteiger partial charge in [0.05, 0.1) is 4.92 Å². The van der Waals surface area contributed by atoms with Crippen molar-refractivity contribution in [1.82, 2.24) is 0 Å². The monoisotopic (exact) mass is 365 g/mol. The van der Waals surface area contributed by atoms with Gasteiger partial charge in [-0.25, -0.2) is 0 Å². The van der Waals surface area contributed by atoms with Crippen LogP contribution in [0, 0.1) is 10.1 Å². The Labute approximate surface area is 134 Å². The van der Waals surface area contributed by atoms with Gasteiger partial charge in [0.15, 0.2) is 5.78 Å². The van der Waals surface area contributed by atoms with E-state index in [1.54, 1.807) is 17.4 Å². The molecular formula is C15H12BrNO3S. The number of halogens is 1. The highest BCUT2D eigenvalue weighted by molar-refractivity contribution is 9.10. The van der Waals surface area contributed by atoms with Crippen LogP contribution in [0.1, 0.15) is 39.6 Å². The van der Waals surface area contributed by atoms with Crippen LogP contribution in [0.15, 0.2) is 34.1 Å². The van der Waals surface area contributed by atoms with E-state index < -0.39 is 4.92 Å². The summed E-state index contributed by atoms with van der Waals surface area (Å²) >= 11 is 4.93. The van der Waals surface area contributed by atoms with Crippen LogP contribution in [-0.2, 0) is 6.42 Å². The van der Waals surface area contributed by atoms with Crippen LogP contribution < -0.4 is 0 Å². The Kier molecular flexibility index (Phi) is 3.91. The van der Waals surface area contributed by atoms with Gasteiger partial charge in [-0.05, 0) is 42.3 Å². The largest absolute Gasteiger partial charge is 0.293 e. The van der Waals surface area contributed by atoms with Crippen molar-refractivity contribution in [2.75, 3.05) is 0 Å². The summed E-state index contributed by atoms with van der Waals surface area (Å²) in [5.41, 5.74) is 1.44. The number of non-ortho nitro benzene ring substituents is 1. The summed E-state index contributed by atoms with van der Waals surface area (Å²) in [6.07, 6.45) is 2.82. The molecule has 0 saturated heterocycles. The van der Waals surface area contributed by atoms with Crippen molar-refractivity contribution in [2.45, 2.75) is 25.2 Å². The zero-order valence-electron chi connectivity index (χ0n) is 11.0. The number of Topliss-reactive ketones (excluding diaryl/α,β-unsaturated/α-hetero) is 1. The lowest BCUT2D eigenvalue weighted by Gasteiger charge is -2.21. The number of carbonyl (C=O) groups excluding carboxylic acids is 1. The molecule has 1 aliphatic rings. The molecule has 0 N–H and O–H groups in total. The van der Waals surface area contributed by atoms with Gasteiger partial charge in [-0.1, -0.05) is 15.9 Å². The van der Waals surface area contributed by atoms with E-state index in [0.29, 0.717) is 10.0 Å². The fourth-order valence-electron chi connectivity index (χ4n) is 2.78. The van der Waals surface area contributed by atoms with Crippen LogP contribution in [-0.4, -0.2) is 10.7 Å². The summed E-state index contributed by atoms with van der Waals surface area (Å²) in [6, 6.07) is 6.45. The van der Waals surface area contributed by atoms with E-state index in [1.165, 1.54) is 17.0 Å². The molecule has 4 nitrogen and oxygen atoms in total. The summed E-state index contributed by atoms with van der Waals surface area (Å²) in [7, 11) is 0. The SMILES string of the molecule is O=C(c1cc(Br)cc([N+](=O)[O-])c1)C1CCCc2sccc21. The number of ketones is 1. The number of nitro benzene ring substituents is 1. The van der Waals surface area contributed by atoms with Gasteiger partial charge in [-0.15, -0.1) is 11.3 Å². The number of fused-ring (bicyclic) bond motifs is 1. The maximum Gasteiger partial charge on any atom is 0.271 e. The number of hydrogen-bond acceptors (Lipinski definition) is 4. The van der Waals surface area contributed by atoms with E-state index in [1.807, 2.05) is 11.4 Å². The Balaban J connectivity index is 1.99. The molecule has 1 aliphatic carbocycles. The predicted octanol–water partition coefficient (Wildman–Crippen LogP) is 4.72. The van der Waals surface area contributed by atoms with Crippen LogP contribution in [0.5, 0.6) is 0 Å². The van der Waals surface area contributed by atoms with Crippen LogP contribution in [0.2, 0.25) is 0 Å². The Hall–Kier alpha value is -1.53. The van der Waals surface area contributed by atoms with Crippen molar-refractivity contribution < 1.29 is 9.72 Å².